The number of aryl methyl sites for hydroxylation is 1. The van der Waals surface area contributed by atoms with Crippen molar-refractivity contribution in [3.05, 3.63) is 63.9 Å². The zero-order chi connectivity index (χ0) is 18.0. The topological polar surface area (TPSA) is 99.6 Å². The summed E-state index contributed by atoms with van der Waals surface area (Å²) >= 11 is 0. The van der Waals surface area contributed by atoms with Crippen LogP contribution in [0.5, 0.6) is 0 Å². The van der Waals surface area contributed by atoms with Crippen LogP contribution in [-0.4, -0.2) is 22.2 Å². The molecule has 0 spiro atoms. The molecule has 8 heteroatoms. The lowest BCUT2D eigenvalue weighted by molar-refractivity contribution is -0.926. The van der Waals surface area contributed by atoms with Crippen LogP contribution in [0.1, 0.15) is 30.4 Å². The predicted molar refractivity (Wildman–Crippen MR) is 88.8 cm³/mol. The van der Waals surface area contributed by atoms with Crippen LogP contribution in [0, 0.1) is 17.0 Å². The highest BCUT2D eigenvalue weighted by molar-refractivity contribution is 5.55. The minimum Gasteiger partial charge on any atom is -0.460 e. The van der Waals surface area contributed by atoms with Crippen molar-refractivity contribution in [2.24, 2.45) is 0 Å². The summed E-state index contributed by atoms with van der Waals surface area (Å²) in [6.07, 6.45) is 0. The van der Waals surface area contributed by atoms with E-state index >= 15 is 0 Å². The fourth-order valence-corrected chi connectivity index (χ4v) is 2.47. The summed E-state index contributed by atoms with van der Waals surface area (Å²) in [4.78, 5) is 11.4. The fraction of sp³-hybridized carbons (Fsp3) is 0.294. The van der Waals surface area contributed by atoms with Crippen molar-refractivity contribution in [3.8, 4) is 11.5 Å². The van der Waals surface area contributed by atoms with Gasteiger partial charge in [0.1, 0.15) is 12.3 Å². The molecule has 8 nitrogen and oxygen atoms in total. The van der Waals surface area contributed by atoms with Gasteiger partial charge in [-0.3, -0.25) is 10.1 Å². The number of nitro groups is 1. The Morgan fingerprint density at radius 3 is 2.48 bits per heavy atom. The molecule has 0 amide bonds. The lowest BCUT2D eigenvalue weighted by Crippen LogP contribution is -3.07. The molecule has 0 saturated heterocycles. The maximum Gasteiger partial charge on any atom is 0.274 e. The van der Waals surface area contributed by atoms with E-state index in [2.05, 4.69) is 10.2 Å². The molecule has 130 valence electrons. The maximum absolute atomic E-state index is 10.7. The van der Waals surface area contributed by atoms with Crippen LogP contribution in [0.2, 0.25) is 0 Å². The highest BCUT2D eigenvalue weighted by atomic mass is 16.6. The second-order valence-electron chi connectivity index (χ2n) is 6.01. The van der Waals surface area contributed by atoms with Crippen molar-refractivity contribution in [2.75, 3.05) is 7.05 Å². The largest absolute Gasteiger partial charge is 0.460 e. The van der Waals surface area contributed by atoms with Crippen LogP contribution < -0.4 is 4.90 Å². The van der Waals surface area contributed by atoms with E-state index in [1.807, 2.05) is 33.0 Å². The van der Waals surface area contributed by atoms with E-state index in [9.17, 15) is 10.1 Å². The first-order valence-electron chi connectivity index (χ1n) is 7.90. The van der Waals surface area contributed by atoms with Gasteiger partial charge in [0.05, 0.1) is 12.0 Å². The van der Waals surface area contributed by atoms with Crippen LogP contribution in [0.4, 0.5) is 5.69 Å². The first-order valence-corrected chi connectivity index (χ1v) is 7.90. The maximum atomic E-state index is 10.7. The molecule has 0 aliphatic carbocycles. The van der Waals surface area contributed by atoms with Crippen molar-refractivity contribution >= 4 is 5.69 Å². The molecule has 0 aliphatic heterocycles. The number of nitrogens with zero attached hydrogens (tertiary/aromatic N) is 3. The standard InChI is InChI=1S/C17H18N4O4/c1-11-4-9-15(24-11)10-20(3)12(2)16-18-19-17(25-16)13-5-7-14(8-6-13)21(22)23/h4-9,12H,10H2,1-3H3/p+1/t12-/m0/s1. The lowest BCUT2D eigenvalue weighted by Gasteiger charge is -2.17. The predicted octanol–water partition coefficient (Wildman–Crippen LogP) is 2.32. The molecule has 0 radical (unpaired) electrons. The number of benzene rings is 1. The van der Waals surface area contributed by atoms with Gasteiger partial charge < -0.3 is 13.7 Å². The third-order valence-electron chi connectivity index (χ3n) is 4.12. The summed E-state index contributed by atoms with van der Waals surface area (Å²) in [5.41, 5.74) is 0.672. The first kappa shape index (κ1) is 16.8. The van der Waals surface area contributed by atoms with Gasteiger partial charge in [-0.05, 0) is 38.1 Å². The third kappa shape index (κ3) is 3.74. The Balaban J connectivity index is 1.72. The summed E-state index contributed by atoms with van der Waals surface area (Å²) < 4.78 is 11.4. The van der Waals surface area contributed by atoms with Crippen LogP contribution in [0.3, 0.4) is 0 Å². The highest BCUT2D eigenvalue weighted by Crippen LogP contribution is 2.22. The molecule has 1 unspecified atom stereocenters. The highest BCUT2D eigenvalue weighted by Gasteiger charge is 2.23. The van der Waals surface area contributed by atoms with Gasteiger partial charge in [-0.15, -0.1) is 10.2 Å². The van der Waals surface area contributed by atoms with Gasteiger partial charge in [0.25, 0.3) is 11.6 Å². The Labute approximate surface area is 144 Å². The number of quaternary nitrogens is 1. The van der Waals surface area contributed by atoms with Gasteiger partial charge in [-0.2, -0.15) is 0 Å². The monoisotopic (exact) mass is 343 g/mol. The number of rotatable bonds is 6. The normalized spacial score (nSPS) is 13.6. The van der Waals surface area contributed by atoms with E-state index in [1.165, 1.54) is 12.1 Å². The summed E-state index contributed by atoms with van der Waals surface area (Å²) in [7, 11) is 2.03. The molecule has 0 bridgehead atoms. The number of aromatic nitrogens is 2. The number of hydrogen-bond donors (Lipinski definition) is 1. The molecule has 1 N–H and O–H groups in total. The number of non-ortho nitro benzene ring substituents is 1. The summed E-state index contributed by atoms with van der Waals surface area (Å²) in [5.74, 6) is 2.64. The van der Waals surface area contributed by atoms with E-state index in [-0.39, 0.29) is 11.7 Å². The molecule has 2 heterocycles. The summed E-state index contributed by atoms with van der Waals surface area (Å²) in [5, 5.41) is 18.9. The van der Waals surface area contributed by atoms with Crippen molar-refractivity contribution in [1.82, 2.24) is 10.2 Å². The fourth-order valence-electron chi connectivity index (χ4n) is 2.47. The molecule has 3 aromatic rings. The number of hydrogen-bond acceptors (Lipinski definition) is 6. The average Bonchev–Trinajstić information content (AvgIpc) is 3.23. The number of nitrogens with one attached hydrogen (secondary N) is 1. The molecular formula is C17H19N4O4+. The van der Waals surface area contributed by atoms with Crippen molar-refractivity contribution in [3.63, 3.8) is 0 Å². The second-order valence-corrected chi connectivity index (χ2v) is 6.01. The van der Waals surface area contributed by atoms with E-state index in [4.69, 9.17) is 8.83 Å². The summed E-state index contributed by atoms with van der Waals surface area (Å²) in [6.45, 7) is 4.61. The van der Waals surface area contributed by atoms with Gasteiger partial charge >= 0.3 is 0 Å². The van der Waals surface area contributed by atoms with E-state index in [0.29, 0.717) is 23.9 Å². The molecule has 2 atom stereocenters. The van der Waals surface area contributed by atoms with E-state index in [1.54, 1.807) is 12.1 Å². The molecule has 25 heavy (non-hydrogen) atoms. The van der Waals surface area contributed by atoms with Crippen molar-refractivity contribution in [2.45, 2.75) is 26.4 Å². The minimum atomic E-state index is -0.445. The smallest absolute Gasteiger partial charge is 0.274 e. The van der Waals surface area contributed by atoms with Gasteiger partial charge in [-0.25, -0.2) is 0 Å². The Kier molecular flexibility index (Phi) is 4.62. The Morgan fingerprint density at radius 1 is 1.16 bits per heavy atom. The third-order valence-corrected chi connectivity index (χ3v) is 4.12. The lowest BCUT2D eigenvalue weighted by atomic mass is 10.2. The molecular weight excluding hydrogens is 324 g/mol. The molecule has 0 saturated carbocycles. The zero-order valence-corrected chi connectivity index (χ0v) is 14.2. The first-order chi connectivity index (χ1) is 11.9. The Bertz CT molecular complexity index is 869. The number of nitro benzene ring substituents is 1. The van der Waals surface area contributed by atoms with Crippen molar-refractivity contribution < 1.29 is 18.7 Å². The summed E-state index contributed by atoms with van der Waals surface area (Å²) in [6, 6.07) is 9.90. The average molecular weight is 343 g/mol. The molecule has 0 fully saturated rings. The van der Waals surface area contributed by atoms with Crippen molar-refractivity contribution in [1.29, 1.82) is 0 Å². The van der Waals surface area contributed by atoms with Gasteiger partial charge in [-0.1, -0.05) is 0 Å². The van der Waals surface area contributed by atoms with E-state index in [0.717, 1.165) is 16.4 Å². The quantitative estimate of drug-likeness (QED) is 0.545. The molecule has 3 rings (SSSR count). The molecule has 0 aliphatic rings. The van der Waals surface area contributed by atoms with E-state index < -0.39 is 4.92 Å². The Morgan fingerprint density at radius 2 is 1.88 bits per heavy atom. The van der Waals surface area contributed by atoms with Gasteiger partial charge in [0, 0.05) is 17.7 Å². The zero-order valence-electron chi connectivity index (χ0n) is 14.2. The van der Waals surface area contributed by atoms with Crippen LogP contribution in [0.15, 0.2) is 45.2 Å². The second kappa shape index (κ2) is 6.86. The molecule has 2 aromatic heterocycles. The molecule has 1 aromatic carbocycles. The Hall–Kier alpha value is -3.00. The van der Waals surface area contributed by atoms with Crippen LogP contribution in [-0.2, 0) is 6.54 Å². The minimum absolute atomic E-state index is 0.0229. The number of furan rings is 1. The SMILES string of the molecule is Cc1ccc(C[NH+](C)[C@@H](C)c2nnc(-c3ccc([N+](=O)[O-])cc3)o2)o1. The van der Waals surface area contributed by atoms with Gasteiger partial charge in [0.2, 0.25) is 5.89 Å². The van der Waals surface area contributed by atoms with Gasteiger partial charge in [0.15, 0.2) is 11.8 Å². The van der Waals surface area contributed by atoms with Crippen LogP contribution in [0.25, 0.3) is 11.5 Å². The van der Waals surface area contributed by atoms with Crippen LogP contribution >= 0.6 is 0 Å².